The Bertz CT molecular complexity index is 593. The molecule has 0 bridgehead atoms. The Hall–Kier alpha value is -1.82. The first-order valence-corrected chi connectivity index (χ1v) is 5.64. The Morgan fingerprint density at radius 3 is 2.37 bits per heavy atom. The molecule has 2 rings (SSSR count). The summed E-state index contributed by atoms with van der Waals surface area (Å²) in [5, 5.41) is 3.06. The Balaban J connectivity index is 2.43. The lowest BCUT2D eigenvalue weighted by molar-refractivity contribution is -0.141. The molecule has 0 N–H and O–H groups in total. The zero-order chi connectivity index (χ0) is 14.0. The summed E-state index contributed by atoms with van der Waals surface area (Å²) in [6.07, 6.45) is -4.64. The van der Waals surface area contributed by atoms with Crippen LogP contribution in [0, 0.1) is 0 Å². The zero-order valence-corrected chi connectivity index (χ0v) is 10.2. The molecule has 0 fully saturated rings. The zero-order valence-electron chi connectivity index (χ0n) is 9.49. The topological polar surface area (TPSA) is 34.9 Å². The maximum absolute atomic E-state index is 12.7. The maximum Gasteiger partial charge on any atom is 0.435 e. The third kappa shape index (κ3) is 2.78. The van der Waals surface area contributed by atoms with Crippen LogP contribution in [0.1, 0.15) is 21.6 Å². The number of carbonyl (C=O) groups is 1. The van der Waals surface area contributed by atoms with Gasteiger partial charge in [-0.1, -0.05) is 41.9 Å². The fraction of sp³-hybridized carbons (Fsp3) is 0.167. The fourth-order valence-electron chi connectivity index (χ4n) is 1.63. The van der Waals surface area contributed by atoms with Crippen LogP contribution in [0.4, 0.5) is 13.2 Å². The standard InChI is InChI=1S/C12H8ClF3N2O/c13-11-9(7-19)10(12(14,15)16)17-18(11)6-8-4-2-1-3-5-8/h1-5,7H,6H2. The first kappa shape index (κ1) is 13.6. The predicted octanol–water partition coefficient (Wildman–Crippen LogP) is 3.42. The molecular weight excluding hydrogens is 281 g/mol. The van der Waals surface area contributed by atoms with Crippen LogP contribution >= 0.6 is 11.6 Å². The molecule has 1 aromatic heterocycles. The van der Waals surface area contributed by atoms with E-state index in [2.05, 4.69) is 5.10 Å². The average Bonchev–Trinajstić information content (AvgIpc) is 2.67. The second kappa shape index (κ2) is 5.05. The average molecular weight is 289 g/mol. The monoisotopic (exact) mass is 288 g/mol. The molecular formula is C12H8ClF3N2O. The van der Waals surface area contributed by atoms with Gasteiger partial charge in [0.05, 0.1) is 12.1 Å². The summed E-state index contributed by atoms with van der Waals surface area (Å²) in [5.74, 6) is 0. The first-order valence-electron chi connectivity index (χ1n) is 5.26. The second-order valence-corrected chi connectivity index (χ2v) is 4.17. The minimum atomic E-state index is -4.71. The van der Waals surface area contributed by atoms with Gasteiger partial charge in [0.25, 0.3) is 0 Å². The molecule has 0 saturated heterocycles. The highest BCUT2D eigenvalue weighted by atomic mass is 35.5. The number of aldehydes is 1. The molecule has 2 aromatic rings. The van der Waals surface area contributed by atoms with E-state index in [1.54, 1.807) is 30.3 Å². The number of aromatic nitrogens is 2. The molecule has 0 aliphatic rings. The van der Waals surface area contributed by atoms with Crippen LogP contribution in [0.15, 0.2) is 30.3 Å². The van der Waals surface area contributed by atoms with Crippen molar-refractivity contribution in [1.82, 2.24) is 9.78 Å². The molecule has 0 unspecified atom stereocenters. The normalized spacial score (nSPS) is 11.6. The number of rotatable bonds is 3. The van der Waals surface area contributed by atoms with E-state index in [9.17, 15) is 18.0 Å². The Labute approximate surface area is 111 Å². The van der Waals surface area contributed by atoms with Crippen molar-refractivity contribution >= 4 is 17.9 Å². The summed E-state index contributed by atoms with van der Waals surface area (Å²) >= 11 is 5.75. The second-order valence-electron chi connectivity index (χ2n) is 3.81. The lowest BCUT2D eigenvalue weighted by Crippen LogP contribution is -2.10. The number of hydrogen-bond acceptors (Lipinski definition) is 2. The van der Waals surface area contributed by atoms with Gasteiger partial charge in [-0.25, -0.2) is 4.68 Å². The van der Waals surface area contributed by atoms with Crippen LogP contribution in [-0.2, 0) is 12.7 Å². The molecule has 1 heterocycles. The van der Waals surface area contributed by atoms with Gasteiger partial charge in [0, 0.05) is 0 Å². The summed E-state index contributed by atoms with van der Waals surface area (Å²) in [5.41, 5.74) is -1.16. The number of hydrogen-bond donors (Lipinski definition) is 0. The molecule has 0 saturated carbocycles. The van der Waals surface area contributed by atoms with Crippen molar-refractivity contribution in [3.63, 3.8) is 0 Å². The van der Waals surface area contributed by atoms with Gasteiger partial charge in [0.15, 0.2) is 12.0 Å². The van der Waals surface area contributed by atoms with Crippen LogP contribution in [0.3, 0.4) is 0 Å². The minimum absolute atomic E-state index is 0.0661. The number of nitrogens with zero attached hydrogens (tertiary/aromatic N) is 2. The van der Waals surface area contributed by atoms with Gasteiger partial charge < -0.3 is 0 Å². The third-order valence-electron chi connectivity index (χ3n) is 2.49. The van der Waals surface area contributed by atoms with Crippen molar-refractivity contribution in [3.8, 4) is 0 Å². The molecule has 0 radical (unpaired) electrons. The largest absolute Gasteiger partial charge is 0.435 e. The van der Waals surface area contributed by atoms with E-state index in [4.69, 9.17) is 11.6 Å². The highest BCUT2D eigenvalue weighted by Crippen LogP contribution is 2.33. The van der Waals surface area contributed by atoms with Gasteiger partial charge in [-0.3, -0.25) is 4.79 Å². The van der Waals surface area contributed by atoms with E-state index in [-0.39, 0.29) is 18.0 Å². The van der Waals surface area contributed by atoms with Gasteiger partial charge in [-0.2, -0.15) is 18.3 Å². The van der Waals surface area contributed by atoms with Crippen molar-refractivity contribution in [2.75, 3.05) is 0 Å². The van der Waals surface area contributed by atoms with Crippen LogP contribution in [0.2, 0.25) is 5.15 Å². The lowest BCUT2D eigenvalue weighted by Gasteiger charge is -2.03. The molecule has 0 aliphatic carbocycles. The smallest absolute Gasteiger partial charge is 0.298 e. The SMILES string of the molecule is O=Cc1c(C(F)(F)F)nn(Cc2ccccc2)c1Cl. The summed E-state index contributed by atoms with van der Waals surface area (Å²) in [6, 6.07) is 8.74. The van der Waals surface area contributed by atoms with E-state index in [0.29, 0.717) is 0 Å². The molecule has 100 valence electrons. The van der Waals surface area contributed by atoms with Crippen LogP contribution in [-0.4, -0.2) is 16.1 Å². The summed E-state index contributed by atoms with van der Waals surface area (Å²) in [7, 11) is 0. The van der Waals surface area contributed by atoms with Gasteiger partial charge in [-0.15, -0.1) is 0 Å². The molecule has 0 spiro atoms. The third-order valence-corrected chi connectivity index (χ3v) is 2.88. The maximum atomic E-state index is 12.7. The van der Waals surface area contributed by atoms with E-state index < -0.39 is 17.4 Å². The summed E-state index contributed by atoms with van der Waals surface area (Å²) in [4.78, 5) is 10.7. The molecule has 0 amide bonds. The van der Waals surface area contributed by atoms with Crippen LogP contribution in [0.5, 0.6) is 0 Å². The molecule has 0 aliphatic heterocycles. The molecule has 3 nitrogen and oxygen atoms in total. The highest BCUT2D eigenvalue weighted by molar-refractivity contribution is 6.32. The summed E-state index contributed by atoms with van der Waals surface area (Å²) in [6.45, 7) is 0.0661. The number of alkyl halides is 3. The van der Waals surface area contributed by atoms with Crippen molar-refractivity contribution in [1.29, 1.82) is 0 Å². The Kier molecular flexibility index (Phi) is 3.61. The van der Waals surface area contributed by atoms with E-state index >= 15 is 0 Å². The van der Waals surface area contributed by atoms with Gasteiger partial charge in [0.1, 0.15) is 5.15 Å². The van der Waals surface area contributed by atoms with Crippen LogP contribution < -0.4 is 0 Å². The number of halogens is 4. The fourth-order valence-corrected chi connectivity index (χ4v) is 1.86. The quantitative estimate of drug-likeness (QED) is 0.811. The van der Waals surface area contributed by atoms with Crippen LogP contribution in [0.25, 0.3) is 0 Å². The number of carbonyl (C=O) groups excluding carboxylic acids is 1. The van der Waals surface area contributed by atoms with Gasteiger partial charge in [0.2, 0.25) is 0 Å². The lowest BCUT2D eigenvalue weighted by atomic mass is 10.2. The van der Waals surface area contributed by atoms with Crippen molar-refractivity contribution in [3.05, 3.63) is 52.3 Å². The van der Waals surface area contributed by atoms with Crippen molar-refractivity contribution in [2.24, 2.45) is 0 Å². The molecule has 0 atom stereocenters. The Morgan fingerprint density at radius 1 is 1.26 bits per heavy atom. The van der Waals surface area contributed by atoms with E-state index in [0.717, 1.165) is 10.2 Å². The molecule has 1 aromatic carbocycles. The Morgan fingerprint density at radius 2 is 1.89 bits per heavy atom. The van der Waals surface area contributed by atoms with E-state index in [1.807, 2.05) is 0 Å². The highest BCUT2D eigenvalue weighted by Gasteiger charge is 2.39. The predicted molar refractivity (Wildman–Crippen MR) is 63.2 cm³/mol. The first-order chi connectivity index (χ1) is 8.93. The van der Waals surface area contributed by atoms with Gasteiger partial charge >= 0.3 is 6.18 Å². The summed E-state index contributed by atoms with van der Waals surface area (Å²) < 4.78 is 39.0. The number of benzene rings is 1. The van der Waals surface area contributed by atoms with Gasteiger partial charge in [-0.05, 0) is 5.56 Å². The molecule has 7 heteroatoms. The van der Waals surface area contributed by atoms with E-state index in [1.165, 1.54) is 0 Å². The van der Waals surface area contributed by atoms with Crippen molar-refractivity contribution in [2.45, 2.75) is 12.7 Å². The van der Waals surface area contributed by atoms with Crippen molar-refractivity contribution < 1.29 is 18.0 Å². The molecule has 19 heavy (non-hydrogen) atoms. The minimum Gasteiger partial charge on any atom is -0.298 e.